The molecule has 2 atom stereocenters. The minimum absolute atomic E-state index is 0.0996. The molecule has 1 saturated heterocycles. The van der Waals surface area contributed by atoms with Crippen molar-refractivity contribution in [1.82, 2.24) is 0 Å². The smallest absolute Gasteiger partial charge is 0.109 e. The van der Waals surface area contributed by atoms with Crippen molar-refractivity contribution in [1.29, 1.82) is 0 Å². The van der Waals surface area contributed by atoms with Crippen molar-refractivity contribution < 1.29 is 14.6 Å². The Morgan fingerprint density at radius 2 is 2.27 bits per heavy atom. The highest BCUT2D eigenvalue weighted by Gasteiger charge is 2.26. The zero-order chi connectivity index (χ0) is 8.27. The van der Waals surface area contributed by atoms with Crippen LogP contribution < -0.4 is 0 Å². The largest absolute Gasteiger partial charge is 0.388 e. The molecule has 3 heteroatoms. The fraction of sp³-hybridized carbons (Fsp3) is 1.00. The number of hydrogen-bond donors (Lipinski definition) is 1. The Kier molecular flexibility index (Phi) is 3.30. The summed E-state index contributed by atoms with van der Waals surface area (Å²) >= 11 is 0. The standard InChI is InChI=1S/C8H16O3/c1-6(2)3-11-8-5-10-4-7(8)9/h6-9H,3-5H2,1-2H3. The fourth-order valence-corrected chi connectivity index (χ4v) is 0.999. The minimum atomic E-state index is -0.422. The summed E-state index contributed by atoms with van der Waals surface area (Å²) in [5.74, 6) is 0.516. The first-order valence-electron chi connectivity index (χ1n) is 4.07. The van der Waals surface area contributed by atoms with E-state index in [9.17, 15) is 5.11 Å². The van der Waals surface area contributed by atoms with Gasteiger partial charge in [-0.2, -0.15) is 0 Å². The van der Waals surface area contributed by atoms with Crippen LogP contribution in [-0.2, 0) is 9.47 Å². The van der Waals surface area contributed by atoms with E-state index in [0.29, 0.717) is 25.7 Å². The summed E-state index contributed by atoms with van der Waals surface area (Å²) in [6, 6.07) is 0. The van der Waals surface area contributed by atoms with Crippen LogP contribution in [0.15, 0.2) is 0 Å². The van der Waals surface area contributed by atoms with Gasteiger partial charge in [0.05, 0.1) is 13.2 Å². The summed E-state index contributed by atoms with van der Waals surface area (Å²) in [4.78, 5) is 0. The van der Waals surface area contributed by atoms with Crippen LogP contribution in [0.3, 0.4) is 0 Å². The Balaban J connectivity index is 2.15. The van der Waals surface area contributed by atoms with Crippen LogP contribution in [0.25, 0.3) is 0 Å². The number of rotatable bonds is 3. The minimum Gasteiger partial charge on any atom is -0.388 e. The van der Waals surface area contributed by atoms with E-state index < -0.39 is 6.10 Å². The van der Waals surface area contributed by atoms with E-state index in [4.69, 9.17) is 9.47 Å². The highest BCUT2D eigenvalue weighted by molar-refractivity contribution is 4.74. The zero-order valence-corrected chi connectivity index (χ0v) is 7.12. The molecule has 0 aromatic carbocycles. The first kappa shape index (κ1) is 8.97. The van der Waals surface area contributed by atoms with E-state index in [1.165, 1.54) is 0 Å². The average molecular weight is 160 g/mol. The van der Waals surface area contributed by atoms with E-state index in [1.54, 1.807) is 0 Å². The van der Waals surface area contributed by atoms with Crippen LogP contribution in [-0.4, -0.2) is 37.1 Å². The molecule has 1 aliphatic heterocycles. The predicted molar refractivity (Wildman–Crippen MR) is 41.4 cm³/mol. The Morgan fingerprint density at radius 1 is 1.55 bits per heavy atom. The van der Waals surface area contributed by atoms with Gasteiger partial charge in [0.25, 0.3) is 0 Å². The summed E-state index contributed by atoms with van der Waals surface area (Å²) in [6.07, 6.45) is -0.522. The van der Waals surface area contributed by atoms with Gasteiger partial charge < -0.3 is 14.6 Å². The monoisotopic (exact) mass is 160 g/mol. The number of hydrogen-bond acceptors (Lipinski definition) is 3. The third kappa shape index (κ3) is 2.77. The van der Waals surface area contributed by atoms with Crippen LogP contribution in [0, 0.1) is 5.92 Å². The molecule has 1 aliphatic rings. The normalized spacial score (nSPS) is 31.6. The molecule has 0 bridgehead atoms. The fourth-order valence-electron chi connectivity index (χ4n) is 0.999. The second-order valence-electron chi connectivity index (χ2n) is 3.37. The van der Waals surface area contributed by atoms with Crippen molar-refractivity contribution in [2.24, 2.45) is 5.92 Å². The second kappa shape index (κ2) is 4.04. The Bertz CT molecular complexity index is 114. The van der Waals surface area contributed by atoms with E-state index in [1.807, 2.05) is 0 Å². The lowest BCUT2D eigenvalue weighted by Gasteiger charge is -2.14. The number of aliphatic hydroxyl groups excluding tert-OH is 1. The van der Waals surface area contributed by atoms with Crippen LogP contribution in [0.1, 0.15) is 13.8 Å². The highest BCUT2D eigenvalue weighted by atomic mass is 16.6. The first-order chi connectivity index (χ1) is 5.20. The van der Waals surface area contributed by atoms with Gasteiger partial charge >= 0.3 is 0 Å². The third-order valence-electron chi connectivity index (χ3n) is 1.64. The van der Waals surface area contributed by atoms with Gasteiger partial charge in [-0.1, -0.05) is 13.8 Å². The van der Waals surface area contributed by atoms with Crippen molar-refractivity contribution in [3.63, 3.8) is 0 Å². The van der Waals surface area contributed by atoms with Crippen LogP contribution in [0.5, 0.6) is 0 Å². The van der Waals surface area contributed by atoms with E-state index in [0.717, 1.165) is 0 Å². The summed E-state index contributed by atoms with van der Waals surface area (Å²) in [5.41, 5.74) is 0. The first-order valence-corrected chi connectivity index (χ1v) is 4.07. The maximum absolute atomic E-state index is 9.25. The van der Waals surface area contributed by atoms with Crippen molar-refractivity contribution in [2.45, 2.75) is 26.1 Å². The molecule has 1 heterocycles. The molecule has 0 spiro atoms. The summed E-state index contributed by atoms with van der Waals surface area (Å²) in [5, 5.41) is 9.25. The maximum atomic E-state index is 9.25. The predicted octanol–water partition coefficient (Wildman–Crippen LogP) is 0.419. The summed E-state index contributed by atoms with van der Waals surface area (Å²) < 4.78 is 10.4. The molecule has 0 amide bonds. The molecule has 0 aromatic rings. The lowest BCUT2D eigenvalue weighted by atomic mass is 10.2. The topological polar surface area (TPSA) is 38.7 Å². The number of ether oxygens (including phenoxy) is 2. The Hall–Kier alpha value is -0.120. The molecule has 0 aliphatic carbocycles. The average Bonchev–Trinajstić information content (AvgIpc) is 2.31. The van der Waals surface area contributed by atoms with Crippen LogP contribution in [0.2, 0.25) is 0 Å². The van der Waals surface area contributed by atoms with Crippen LogP contribution in [0.4, 0.5) is 0 Å². The quantitative estimate of drug-likeness (QED) is 0.650. The second-order valence-corrected chi connectivity index (χ2v) is 3.37. The molecular weight excluding hydrogens is 144 g/mol. The van der Waals surface area contributed by atoms with Crippen molar-refractivity contribution >= 4 is 0 Å². The van der Waals surface area contributed by atoms with E-state index >= 15 is 0 Å². The summed E-state index contributed by atoms with van der Waals surface area (Å²) in [7, 11) is 0. The maximum Gasteiger partial charge on any atom is 0.109 e. The highest BCUT2D eigenvalue weighted by Crippen LogP contribution is 2.10. The van der Waals surface area contributed by atoms with Gasteiger partial charge in [0.2, 0.25) is 0 Å². The lowest BCUT2D eigenvalue weighted by Crippen LogP contribution is -2.28. The molecule has 1 fully saturated rings. The van der Waals surface area contributed by atoms with E-state index in [-0.39, 0.29) is 6.10 Å². The number of aliphatic hydroxyl groups is 1. The molecule has 1 rings (SSSR count). The molecular formula is C8H16O3. The van der Waals surface area contributed by atoms with Crippen molar-refractivity contribution in [3.05, 3.63) is 0 Å². The van der Waals surface area contributed by atoms with Gasteiger partial charge in [0.15, 0.2) is 0 Å². The Labute approximate surface area is 67.3 Å². The van der Waals surface area contributed by atoms with Crippen molar-refractivity contribution in [3.8, 4) is 0 Å². The molecule has 2 unspecified atom stereocenters. The van der Waals surface area contributed by atoms with Crippen molar-refractivity contribution in [2.75, 3.05) is 19.8 Å². The molecule has 11 heavy (non-hydrogen) atoms. The van der Waals surface area contributed by atoms with E-state index in [2.05, 4.69) is 13.8 Å². The molecule has 66 valence electrons. The van der Waals surface area contributed by atoms with Gasteiger partial charge in [-0.25, -0.2) is 0 Å². The third-order valence-corrected chi connectivity index (χ3v) is 1.64. The van der Waals surface area contributed by atoms with Gasteiger partial charge in [-0.3, -0.25) is 0 Å². The SMILES string of the molecule is CC(C)COC1COCC1O. The van der Waals surface area contributed by atoms with Gasteiger partial charge in [-0.15, -0.1) is 0 Å². The van der Waals surface area contributed by atoms with Gasteiger partial charge in [0, 0.05) is 6.61 Å². The molecule has 1 N–H and O–H groups in total. The molecule has 0 aromatic heterocycles. The van der Waals surface area contributed by atoms with Crippen LogP contribution >= 0.6 is 0 Å². The molecule has 0 saturated carbocycles. The summed E-state index contributed by atoms with van der Waals surface area (Å²) in [6.45, 7) is 5.83. The zero-order valence-electron chi connectivity index (χ0n) is 7.12. The molecule has 3 nitrogen and oxygen atoms in total. The lowest BCUT2D eigenvalue weighted by molar-refractivity contribution is -0.0201. The van der Waals surface area contributed by atoms with Gasteiger partial charge in [0.1, 0.15) is 12.2 Å². The molecule has 0 radical (unpaired) electrons. The Morgan fingerprint density at radius 3 is 2.73 bits per heavy atom. The van der Waals surface area contributed by atoms with Gasteiger partial charge in [-0.05, 0) is 5.92 Å².